The smallest absolute Gasteiger partial charge is 0.253 e. The second-order valence-corrected chi connectivity index (χ2v) is 8.71. The maximum atomic E-state index is 13.5. The number of sulfonamides is 1. The molecule has 1 aromatic rings. The maximum Gasteiger partial charge on any atom is 0.253 e. The average Bonchev–Trinajstić information content (AvgIpc) is 3.16. The molecule has 0 spiro atoms. The second kappa shape index (κ2) is 4.44. The number of amides is 1. The summed E-state index contributed by atoms with van der Waals surface area (Å²) in [7, 11) is -3.53. The largest absolute Gasteiger partial charge is 0.347 e. The van der Waals surface area contributed by atoms with Crippen molar-refractivity contribution < 1.29 is 17.6 Å². The molecule has 5 nitrogen and oxygen atoms in total. The number of hydrogen-bond acceptors (Lipinski definition) is 3. The Balaban J connectivity index is 1.59. The molecule has 0 aliphatic heterocycles. The van der Waals surface area contributed by atoms with Gasteiger partial charge in [0.15, 0.2) is 0 Å². The molecule has 5 rings (SSSR count). The van der Waals surface area contributed by atoms with E-state index in [0.29, 0.717) is 12.8 Å². The Kier molecular flexibility index (Phi) is 2.82. The van der Waals surface area contributed by atoms with E-state index in [1.165, 1.54) is 12.1 Å². The predicted molar refractivity (Wildman–Crippen MR) is 79.5 cm³/mol. The molecule has 0 heterocycles. The zero-order valence-corrected chi connectivity index (χ0v) is 12.7. The first-order chi connectivity index (χ1) is 10.4. The monoisotopic (exact) mass is 324 g/mol. The van der Waals surface area contributed by atoms with Gasteiger partial charge in [-0.3, -0.25) is 9.52 Å². The van der Waals surface area contributed by atoms with Gasteiger partial charge in [-0.1, -0.05) is 0 Å². The number of nitrogens with one attached hydrogen (secondary N) is 2. The highest BCUT2D eigenvalue weighted by Gasteiger charge is 2.57. The normalized spacial score (nSPS) is 29.2. The van der Waals surface area contributed by atoms with Crippen molar-refractivity contribution in [3.8, 4) is 0 Å². The highest BCUT2D eigenvalue weighted by atomic mass is 32.2. The minimum Gasteiger partial charge on any atom is -0.347 e. The second-order valence-electron chi connectivity index (χ2n) is 6.75. The third kappa shape index (κ3) is 2.27. The predicted octanol–water partition coefficient (Wildman–Crippen LogP) is 2.01. The first-order valence-corrected chi connectivity index (χ1v) is 9.05. The van der Waals surface area contributed by atoms with Gasteiger partial charge in [-0.25, -0.2) is 12.8 Å². The van der Waals surface area contributed by atoms with E-state index in [0.717, 1.165) is 31.2 Å². The fraction of sp³-hybridized carbons (Fsp3) is 0.533. The number of halogens is 1. The summed E-state index contributed by atoms with van der Waals surface area (Å²) in [6, 6.07) is 3.57. The van der Waals surface area contributed by atoms with Crippen LogP contribution in [0, 0.1) is 11.7 Å². The standard InChI is InChI=1S/C15H17FN2O3S/c16-10-1-4-12(14(19)17-15-6-9(7-15)8-15)13(5-10)18-22(20,21)11-2-3-11/h1,4-5,9,11,18H,2-3,6-8H2,(H,17,19). The van der Waals surface area contributed by atoms with Crippen LogP contribution in [0.5, 0.6) is 0 Å². The molecule has 0 aromatic heterocycles. The molecular weight excluding hydrogens is 307 g/mol. The van der Waals surface area contributed by atoms with Crippen LogP contribution in [0.4, 0.5) is 10.1 Å². The van der Waals surface area contributed by atoms with Crippen molar-refractivity contribution >= 4 is 21.6 Å². The van der Waals surface area contributed by atoms with E-state index in [1.807, 2.05) is 0 Å². The summed E-state index contributed by atoms with van der Waals surface area (Å²) in [6.45, 7) is 0. The molecule has 1 aromatic carbocycles. The van der Waals surface area contributed by atoms with Gasteiger partial charge in [0.1, 0.15) is 5.82 Å². The molecule has 0 radical (unpaired) electrons. The van der Waals surface area contributed by atoms with Gasteiger partial charge < -0.3 is 5.32 Å². The van der Waals surface area contributed by atoms with Gasteiger partial charge in [-0.15, -0.1) is 0 Å². The molecule has 1 amide bonds. The topological polar surface area (TPSA) is 75.3 Å². The first kappa shape index (κ1) is 14.0. The van der Waals surface area contributed by atoms with Crippen LogP contribution in [0.3, 0.4) is 0 Å². The van der Waals surface area contributed by atoms with Crippen molar-refractivity contribution in [3.05, 3.63) is 29.6 Å². The zero-order valence-electron chi connectivity index (χ0n) is 11.9. The number of anilines is 1. The van der Waals surface area contributed by atoms with Crippen molar-refractivity contribution in [1.29, 1.82) is 0 Å². The first-order valence-electron chi connectivity index (χ1n) is 7.51. The van der Waals surface area contributed by atoms with Crippen LogP contribution in [-0.4, -0.2) is 25.1 Å². The highest BCUT2D eigenvalue weighted by Crippen LogP contribution is 2.57. The molecule has 2 N–H and O–H groups in total. The lowest BCUT2D eigenvalue weighted by Crippen LogP contribution is -2.68. The van der Waals surface area contributed by atoms with Crippen LogP contribution in [-0.2, 0) is 10.0 Å². The van der Waals surface area contributed by atoms with Crippen LogP contribution in [0.15, 0.2) is 18.2 Å². The van der Waals surface area contributed by atoms with Gasteiger partial charge >= 0.3 is 0 Å². The summed E-state index contributed by atoms with van der Waals surface area (Å²) in [4.78, 5) is 12.4. The van der Waals surface area contributed by atoms with Gasteiger partial charge in [0, 0.05) is 5.54 Å². The van der Waals surface area contributed by atoms with Crippen molar-refractivity contribution in [2.75, 3.05) is 4.72 Å². The Morgan fingerprint density at radius 2 is 1.91 bits per heavy atom. The molecule has 22 heavy (non-hydrogen) atoms. The molecule has 0 unspecified atom stereocenters. The summed E-state index contributed by atoms with van der Waals surface area (Å²) in [6.07, 6.45) is 4.18. The molecule has 4 aliphatic carbocycles. The Morgan fingerprint density at radius 1 is 1.23 bits per heavy atom. The van der Waals surface area contributed by atoms with Gasteiger partial charge in [0.05, 0.1) is 16.5 Å². The molecule has 4 fully saturated rings. The van der Waals surface area contributed by atoms with Crippen LogP contribution < -0.4 is 10.0 Å². The van der Waals surface area contributed by atoms with Crippen LogP contribution in [0.2, 0.25) is 0 Å². The van der Waals surface area contributed by atoms with Crippen molar-refractivity contribution in [2.45, 2.75) is 42.9 Å². The van der Waals surface area contributed by atoms with E-state index in [2.05, 4.69) is 10.0 Å². The van der Waals surface area contributed by atoms with Crippen molar-refractivity contribution in [1.82, 2.24) is 5.32 Å². The Hall–Kier alpha value is -1.63. The lowest BCUT2D eigenvalue weighted by Gasteiger charge is -2.61. The van der Waals surface area contributed by atoms with Crippen LogP contribution in [0.1, 0.15) is 42.5 Å². The van der Waals surface area contributed by atoms with Crippen molar-refractivity contribution in [3.63, 3.8) is 0 Å². The molecule has 2 bridgehead atoms. The van der Waals surface area contributed by atoms with Crippen LogP contribution >= 0.6 is 0 Å². The fourth-order valence-electron chi connectivity index (χ4n) is 3.35. The van der Waals surface area contributed by atoms with E-state index in [1.54, 1.807) is 0 Å². The molecular formula is C15H17FN2O3S. The number of hydrogen-bond donors (Lipinski definition) is 2. The SMILES string of the molecule is O=C(NC12CC(C1)C2)c1ccc(F)cc1NS(=O)(=O)C1CC1. The molecule has 4 aliphatic rings. The third-order valence-electron chi connectivity index (χ3n) is 4.86. The molecule has 7 heteroatoms. The van der Waals surface area contributed by atoms with E-state index < -0.39 is 21.1 Å². The van der Waals surface area contributed by atoms with E-state index in [4.69, 9.17) is 0 Å². The maximum absolute atomic E-state index is 13.5. The summed E-state index contributed by atoms with van der Waals surface area (Å²) < 4.78 is 39.9. The van der Waals surface area contributed by atoms with E-state index in [9.17, 15) is 17.6 Å². The third-order valence-corrected chi connectivity index (χ3v) is 6.71. The van der Waals surface area contributed by atoms with E-state index >= 15 is 0 Å². The Labute approximate surface area is 128 Å². The fourth-order valence-corrected chi connectivity index (χ4v) is 4.75. The van der Waals surface area contributed by atoms with Gasteiger partial charge in [-0.2, -0.15) is 0 Å². The summed E-state index contributed by atoms with van der Waals surface area (Å²) in [5.74, 6) is -0.191. The Morgan fingerprint density at radius 3 is 2.45 bits per heavy atom. The molecule has 118 valence electrons. The average molecular weight is 324 g/mol. The lowest BCUT2D eigenvalue weighted by molar-refractivity contribution is -0.0438. The Bertz CT molecular complexity index is 741. The van der Waals surface area contributed by atoms with Crippen molar-refractivity contribution in [2.24, 2.45) is 5.92 Å². The number of carbonyl (C=O) groups excluding carboxylic acids is 1. The lowest BCUT2D eigenvalue weighted by atomic mass is 9.50. The molecule has 4 saturated carbocycles. The summed E-state index contributed by atoms with van der Waals surface area (Å²) in [5.41, 5.74) is 0.0920. The summed E-state index contributed by atoms with van der Waals surface area (Å²) >= 11 is 0. The minimum absolute atomic E-state index is 0.0241. The van der Waals surface area contributed by atoms with E-state index in [-0.39, 0.29) is 22.7 Å². The van der Waals surface area contributed by atoms with Gasteiger partial charge in [-0.05, 0) is 56.2 Å². The quantitative estimate of drug-likeness (QED) is 0.870. The number of carbonyl (C=O) groups is 1. The number of rotatable bonds is 5. The van der Waals surface area contributed by atoms with Crippen LogP contribution in [0.25, 0.3) is 0 Å². The zero-order chi connectivity index (χ0) is 15.5. The number of benzene rings is 1. The minimum atomic E-state index is -3.53. The van der Waals surface area contributed by atoms with Gasteiger partial charge in [0.25, 0.3) is 5.91 Å². The summed E-state index contributed by atoms with van der Waals surface area (Å²) in [5, 5.41) is 2.54. The molecule has 0 atom stereocenters. The highest BCUT2D eigenvalue weighted by molar-refractivity contribution is 7.93. The molecule has 0 saturated heterocycles. The van der Waals surface area contributed by atoms with Gasteiger partial charge in [0.2, 0.25) is 10.0 Å².